The number of Topliss-reactive ketones (excluding diaryl/α,β-unsaturated/α-hetero) is 2. The van der Waals surface area contributed by atoms with Crippen molar-refractivity contribution in [3.8, 4) is 11.5 Å². The zero-order valence-corrected chi connectivity index (χ0v) is 56.5. The Hall–Kier alpha value is -5.01. The largest absolute Gasteiger partial charge is 1.00 e. The zero-order valence-electron chi connectivity index (χ0n) is 43.7. The summed E-state index contributed by atoms with van der Waals surface area (Å²) in [6.07, 6.45) is 1.35. The predicted molar refractivity (Wildman–Crippen MR) is 278 cm³/mol. The molecule has 2 heterocycles. The maximum absolute atomic E-state index is 13.5. The monoisotopic (exact) mass is 1380 g/mol. The molecule has 0 saturated carbocycles. The smallest absolute Gasteiger partial charge is 0.506 e. The molecule has 425 valence electrons. The maximum Gasteiger partial charge on any atom is 1.00 e. The number of nitro groups is 2. The van der Waals surface area contributed by atoms with Gasteiger partial charge in [0, 0.05) is 41.0 Å². The first-order valence-corrected chi connectivity index (χ1v) is 26.9. The number of anilines is 8. The number of hydrogen-bond donors (Lipinski definition) is 12. The van der Waals surface area contributed by atoms with Crippen molar-refractivity contribution in [2.45, 2.75) is 9.79 Å². The number of hydrazone groups is 2. The van der Waals surface area contributed by atoms with Crippen LogP contribution in [0.2, 0.25) is 10.6 Å². The number of nitrogens with one attached hydrogen (secondary N) is 4. The van der Waals surface area contributed by atoms with Gasteiger partial charge < -0.3 is 32.3 Å². The molecular formula is C38H27Cl2CoN16Na4O20S4+5. The van der Waals surface area contributed by atoms with E-state index in [9.17, 15) is 91.9 Å². The molecule has 0 fully saturated rings. The molecule has 2 aliphatic rings. The molecule has 0 spiro atoms. The van der Waals surface area contributed by atoms with Gasteiger partial charge >= 0.3 is 120 Å². The summed E-state index contributed by atoms with van der Waals surface area (Å²) in [6, 6.07) is 8.50. The number of phenolic OH excluding ortho intramolecular Hbond substituents is 2. The number of nitrogens with two attached hydrogens (primary N) is 2. The fraction of sp³-hybridized carbons (Fsp3) is 0. The minimum atomic E-state index is -5.22. The maximum atomic E-state index is 13.5. The van der Waals surface area contributed by atoms with Crippen molar-refractivity contribution in [1.29, 1.82) is 0 Å². The predicted octanol–water partition coefficient (Wildman–Crippen LogP) is -8.67. The number of rotatable bonds is 14. The number of hydrogen-bond acceptors (Lipinski definition) is 30. The van der Waals surface area contributed by atoms with E-state index in [1.54, 1.807) is 0 Å². The average molecular weight is 1380 g/mol. The zero-order chi connectivity index (χ0) is 59.1. The van der Waals surface area contributed by atoms with Crippen molar-refractivity contribution in [2.75, 3.05) is 33.0 Å². The van der Waals surface area contributed by atoms with Crippen molar-refractivity contribution in [1.82, 2.24) is 29.9 Å². The summed E-state index contributed by atoms with van der Waals surface area (Å²) in [4.78, 5) is 65.8. The van der Waals surface area contributed by atoms with Gasteiger partial charge in [-0.1, -0.05) is 0 Å². The number of benzene rings is 4. The minimum absolute atomic E-state index is 0. The molecule has 47 heteroatoms. The number of nitrogen functional groups attached to an aromatic ring is 2. The van der Waals surface area contributed by atoms with E-state index in [1.165, 1.54) is 0 Å². The fourth-order valence-corrected chi connectivity index (χ4v) is 9.49. The molecule has 1 radical (unpaired) electrons. The summed E-state index contributed by atoms with van der Waals surface area (Å²) in [5.41, 5.74) is 9.00. The van der Waals surface area contributed by atoms with Gasteiger partial charge in [-0.15, -0.1) is 0 Å². The van der Waals surface area contributed by atoms with Gasteiger partial charge in [-0.25, -0.2) is 0 Å². The molecule has 0 amide bonds. The SMILES string of the molecule is Nc1nc(Cl)nc(Nc2cc(S(=O)(=O)O)cc3c2C(=O)/C(=N/Nc2cc([N+](=O)[O-])ccc2O)C(S(=O)(=O)O)=C3)n1.Nc1nc(Cl)nc(Nc2cc(S(=O)(=O)O)cc3c2C(=O)/C(=N/Nc2cc([N+](=O)[O-])ccc2O)C(S(=O)(=O)O)=C3)n1.[Co].[H+].[Na+].[Na+].[Na+].[Na+]. The Morgan fingerprint density at radius 2 is 0.847 bits per heavy atom. The quantitative estimate of drug-likeness (QED) is 0.0158. The van der Waals surface area contributed by atoms with Gasteiger partial charge in [-0.05, 0) is 82.9 Å². The van der Waals surface area contributed by atoms with E-state index in [0.29, 0.717) is 12.2 Å². The molecule has 0 aliphatic heterocycles. The number of aromatic nitrogens is 6. The number of ketones is 2. The van der Waals surface area contributed by atoms with Crippen LogP contribution in [0.3, 0.4) is 0 Å². The summed E-state index contributed by atoms with van der Waals surface area (Å²) in [5, 5.41) is 53.6. The third-order valence-electron chi connectivity index (χ3n) is 10.1. The standard InChI is InChI=1S/2C19H13ClN8O10S2.Co.4Na/c2*20-17-23-18(21)25-19(24-17)22-11-6-9(39(33,34)35)3-7-4-13(40(36,37)38)15(16(30)14(7)11)27-26-10-5-8(28(31)32)1-2-12(10)29;;;;;/h2*1-6,26,29H,(H,33,34,35)(H,36,37,38)(H3,21,22,23,24,25);;;;;/q;;;4*+1/p+1/b2*27-15+;;;;;. The number of allylic oxidation sites excluding steroid dienone is 2. The molecule has 36 nitrogen and oxygen atoms in total. The Kier molecular flexibility index (Phi) is 26.7. The Bertz CT molecular complexity index is 4060. The normalized spacial score (nSPS) is 13.6. The number of nitrogens with zero attached hydrogens (tertiary/aromatic N) is 10. The first-order valence-electron chi connectivity index (χ1n) is 20.4. The van der Waals surface area contributed by atoms with Crippen LogP contribution in [-0.2, 0) is 57.3 Å². The molecule has 0 unspecified atom stereocenters. The van der Waals surface area contributed by atoms with Crippen LogP contribution in [-0.4, -0.2) is 125 Å². The topological polar surface area (TPSA) is 581 Å². The van der Waals surface area contributed by atoms with Crippen LogP contribution in [0.15, 0.2) is 90.5 Å². The number of non-ortho nitro benzene ring substituents is 2. The third kappa shape index (κ3) is 18.5. The molecule has 0 atom stereocenters. The number of phenols is 2. The van der Waals surface area contributed by atoms with Gasteiger partial charge in [0.15, 0.2) is 11.4 Å². The Morgan fingerprint density at radius 3 is 1.13 bits per heavy atom. The van der Waals surface area contributed by atoms with Gasteiger partial charge in [0.05, 0.1) is 42.1 Å². The number of fused-ring (bicyclic) bond motifs is 2. The average Bonchev–Trinajstić information content (AvgIpc) is 3.51. The second-order valence-corrected chi connectivity index (χ2v) is 21.6. The number of carbonyl (C=O) groups is 2. The van der Waals surface area contributed by atoms with E-state index in [0.717, 1.165) is 60.7 Å². The van der Waals surface area contributed by atoms with Crippen LogP contribution in [0.5, 0.6) is 11.5 Å². The second-order valence-electron chi connectivity index (χ2n) is 15.3. The van der Waals surface area contributed by atoms with Crippen molar-refractivity contribution in [3.63, 3.8) is 0 Å². The van der Waals surface area contributed by atoms with Crippen LogP contribution < -0.4 is 151 Å². The molecule has 2 aliphatic carbocycles. The van der Waals surface area contributed by atoms with Gasteiger partial charge in [0.2, 0.25) is 45.9 Å². The summed E-state index contributed by atoms with van der Waals surface area (Å²) < 4.78 is 135. The van der Waals surface area contributed by atoms with E-state index in [2.05, 4.69) is 61.6 Å². The molecule has 6 aromatic rings. The van der Waals surface area contributed by atoms with Gasteiger partial charge in [-0.3, -0.25) is 58.9 Å². The summed E-state index contributed by atoms with van der Waals surface area (Å²) >= 11 is 11.5. The van der Waals surface area contributed by atoms with E-state index in [-0.39, 0.29) is 160 Å². The number of halogens is 2. The molecular weight excluding hydrogens is 1350 g/mol. The molecule has 14 N–H and O–H groups in total. The fourth-order valence-electron chi connectivity index (χ4n) is 6.76. The minimum Gasteiger partial charge on any atom is -0.506 e. The Morgan fingerprint density at radius 1 is 0.518 bits per heavy atom. The van der Waals surface area contributed by atoms with Crippen LogP contribution in [0.25, 0.3) is 12.2 Å². The van der Waals surface area contributed by atoms with Crippen LogP contribution in [0.4, 0.5) is 57.9 Å². The van der Waals surface area contributed by atoms with Crippen molar-refractivity contribution < 1.29 is 218 Å². The van der Waals surface area contributed by atoms with E-state index in [1.807, 2.05) is 0 Å². The van der Waals surface area contributed by atoms with E-state index in [4.69, 9.17) is 34.7 Å². The molecule has 0 saturated heterocycles. The summed E-state index contributed by atoms with van der Waals surface area (Å²) in [7, 11) is -20.3. The van der Waals surface area contributed by atoms with E-state index < -0.39 is 171 Å². The van der Waals surface area contributed by atoms with Crippen LogP contribution in [0.1, 0.15) is 33.3 Å². The molecule has 0 bridgehead atoms. The number of aromatic hydroxyl groups is 2. The third-order valence-corrected chi connectivity index (χ3v) is 13.8. The van der Waals surface area contributed by atoms with Gasteiger partial charge in [0.1, 0.15) is 32.7 Å². The first kappa shape index (κ1) is 76.1. The molecule has 2 aromatic heterocycles. The Labute approximate surface area is 585 Å². The second kappa shape index (κ2) is 29.8. The Balaban J connectivity index is 0.000000804. The van der Waals surface area contributed by atoms with Gasteiger partial charge in [-0.2, -0.15) is 73.8 Å². The molecule has 85 heavy (non-hydrogen) atoms. The summed E-state index contributed by atoms with van der Waals surface area (Å²) in [6.45, 7) is 0. The van der Waals surface area contributed by atoms with Crippen LogP contribution >= 0.6 is 23.2 Å². The first-order chi connectivity index (χ1) is 37.1. The van der Waals surface area contributed by atoms with Gasteiger partial charge in [0.25, 0.3) is 51.8 Å². The molecule has 4 aromatic carbocycles. The number of carbonyl (C=O) groups excluding carboxylic acids is 2. The summed E-state index contributed by atoms with van der Waals surface area (Å²) in [5.74, 6) is -5.12. The van der Waals surface area contributed by atoms with Crippen molar-refractivity contribution in [3.05, 3.63) is 124 Å². The van der Waals surface area contributed by atoms with Crippen molar-refractivity contribution >= 4 is 157 Å². The molecule has 8 rings (SSSR count). The van der Waals surface area contributed by atoms with E-state index >= 15 is 0 Å². The van der Waals surface area contributed by atoms with Crippen molar-refractivity contribution in [2.24, 2.45) is 10.2 Å². The van der Waals surface area contributed by atoms with Crippen LogP contribution in [0, 0.1) is 20.2 Å². The number of nitro benzene ring substituents is 2.